The Morgan fingerprint density at radius 1 is 1.03 bits per heavy atom. The Morgan fingerprint density at radius 2 is 1.69 bits per heavy atom. The van der Waals surface area contributed by atoms with Crippen LogP contribution in [0.2, 0.25) is 0 Å². The standard InChI is InChI=1S/C26H34FN3O2/c1-19(2)18-32-24-10-4-20(5-11-24)16-29-17-25(21-6-8-22(27)9-7-21)30(26(29)31)23-12-14-28(3)15-13-23/h4-11,19,23,25H,12-18H2,1-3H3/t25-/m1/s1. The summed E-state index contributed by atoms with van der Waals surface area (Å²) in [5, 5.41) is 0. The molecule has 1 atom stereocenters. The first-order valence-corrected chi connectivity index (χ1v) is 11.6. The van der Waals surface area contributed by atoms with E-state index in [-0.39, 0.29) is 23.9 Å². The maximum absolute atomic E-state index is 13.5. The molecule has 2 aromatic carbocycles. The van der Waals surface area contributed by atoms with E-state index in [4.69, 9.17) is 4.74 Å². The van der Waals surface area contributed by atoms with E-state index in [2.05, 4.69) is 30.7 Å². The van der Waals surface area contributed by atoms with Gasteiger partial charge in [-0.2, -0.15) is 0 Å². The molecule has 4 rings (SSSR count). The van der Waals surface area contributed by atoms with Crippen molar-refractivity contribution in [1.29, 1.82) is 0 Å². The molecule has 0 unspecified atom stereocenters. The molecule has 0 radical (unpaired) electrons. The molecule has 0 aliphatic carbocycles. The molecule has 32 heavy (non-hydrogen) atoms. The normalized spacial score (nSPS) is 20.4. The molecule has 2 aliphatic rings. The Labute approximate surface area is 190 Å². The number of likely N-dealkylation sites (tertiary alicyclic amines) is 1. The van der Waals surface area contributed by atoms with Crippen LogP contribution in [-0.4, -0.2) is 60.1 Å². The number of rotatable bonds is 7. The summed E-state index contributed by atoms with van der Waals surface area (Å²) in [7, 11) is 2.13. The highest BCUT2D eigenvalue weighted by atomic mass is 19.1. The first kappa shape index (κ1) is 22.6. The monoisotopic (exact) mass is 439 g/mol. The highest BCUT2D eigenvalue weighted by Crippen LogP contribution is 2.35. The fourth-order valence-corrected chi connectivity index (χ4v) is 4.61. The molecule has 0 spiro atoms. The quantitative estimate of drug-likeness (QED) is 0.614. The first-order valence-electron chi connectivity index (χ1n) is 11.6. The second-order valence-electron chi connectivity index (χ2n) is 9.52. The van der Waals surface area contributed by atoms with Crippen LogP contribution in [0.5, 0.6) is 5.75 Å². The van der Waals surface area contributed by atoms with Gasteiger partial charge in [0.15, 0.2) is 0 Å². The van der Waals surface area contributed by atoms with Gasteiger partial charge in [-0.25, -0.2) is 9.18 Å². The molecule has 0 aromatic heterocycles. The van der Waals surface area contributed by atoms with E-state index in [9.17, 15) is 9.18 Å². The number of ether oxygens (including phenoxy) is 1. The van der Waals surface area contributed by atoms with Crippen LogP contribution in [0, 0.1) is 11.7 Å². The zero-order valence-electron chi connectivity index (χ0n) is 19.3. The average Bonchev–Trinajstić information content (AvgIpc) is 3.10. The second kappa shape index (κ2) is 9.90. The second-order valence-corrected chi connectivity index (χ2v) is 9.52. The molecule has 2 fully saturated rings. The molecule has 0 bridgehead atoms. The minimum absolute atomic E-state index is 0.0508. The highest BCUT2D eigenvalue weighted by molar-refractivity contribution is 5.78. The maximum Gasteiger partial charge on any atom is 0.321 e. The van der Waals surface area contributed by atoms with Crippen molar-refractivity contribution in [2.24, 2.45) is 5.92 Å². The van der Waals surface area contributed by atoms with Crippen LogP contribution in [-0.2, 0) is 6.54 Å². The molecule has 2 aliphatic heterocycles. The van der Waals surface area contributed by atoms with Crippen molar-refractivity contribution in [2.75, 3.05) is 33.3 Å². The van der Waals surface area contributed by atoms with Crippen molar-refractivity contribution < 1.29 is 13.9 Å². The Balaban J connectivity index is 1.50. The minimum atomic E-state index is -0.249. The van der Waals surface area contributed by atoms with Crippen molar-refractivity contribution in [1.82, 2.24) is 14.7 Å². The van der Waals surface area contributed by atoms with Gasteiger partial charge in [-0.1, -0.05) is 38.1 Å². The van der Waals surface area contributed by atoms with Gasteiger partial charge in [-0.3, -0.25) is 0 Å². The van der Waals surface area contributed by atoms with E-state index < -0.39 is 0 Å². The van der Waals surface area contributed by atoms with Crippen molar-refractivity contribution >= 4 is 6.03 Å². The molecule has 172 valence electrons. The van der Waals surface area contributed by atoms with Crippen LogP contribution in [0.15, 0.2) is 48.5 Å². The van der Waals surface area contributed by atoms with Gasteiger partial charge < -0.3 is 19.4 Å². The SMILES string of the molecule is CC(C)COc1ccc(CN2C[C@H](c3ccc(F)cc3)N(C3CCN(C)CC3)C2=O)cc1. The van der Waals surface area contributed by atoms with Gasteiger partial charge >= 0.3 is 6.03 Å². The summed E-state index contributed by atoms with van der Waals surface area (Å²) in [4.78, 5) is 19.8. The van der Waals surface area contributed by atoms with Gasteiger partial charge in [-0.15, -0.1) is 0 Å². The zero-order valence-corrected chi connectivity index (χ0v) is 19.3. The fraction of sp³-hybridized carbons (Fsp3) is 0.500. The van der Waals surface area contributed by atoms with Crippen molar-refractivity contribution in [3.8, 4) is 5.75 Å². The van der Waals surface area contributed by atoms with E-state index >= 15 is 0 Å². The zero-order chi connectivity index (χ0) is 22.7. The molecule has 2 saturated heterocycles. The highest BCUT2D eigenvalue weighted by Gasteiger charge is 2.42. The van der Waals surface area contributed by atoms with Crippen LogP contribution in [0.4, 0.5) is 9.18 Å². The van der Waals surface area contributed by atoms with Gasteiger partial charge in [0.1, 0.15) is 11.6 Å². The number of halogens is 1. The fourth-order valence-electron chi connectivity index (χ4n) is 4.61. The lowest BCUT2D eigenvalue weighted by Gasteiger charge is -2.37. The molecule has 2 heterocycles. The smallest absolute Gasteiger partial charge is 0.321 e. The largest absolute Gasteiger partial charge is 0.493 e. The Morgan fingerprint density at radius 3 is 2.31 bits per heavy atom. The summed E-state index contributed by atoms with van der Waals surface area (Å²) in [6, 6.07) is 14.9. The lowest BCUT2D eigenvalue weighted by Crippen LogP contribution is -2.46. The number of urea groups is 1. The van der Waals surface area contributed by atoms with Crippen LogP contribution < -0.4 is 4.74 Å². The van der Waals surface area contributed by atoms with Crippen molar-refractivity contribution in [3.63, 3.8) is 0 Å². The summed E-state index contributed by atoms with van der Waals surface area (Å²) in [6.07, 6.45) is 1.94. The molecular weight excluding hydrogens is 405 g/mol. The molecule has 0 saturated carbocycles. The predicted octanol–water partition coefficient (Wildman–Crippen LogP) is 4.93. The lowest BCUT2D eigenvalue weighted by molar-refractivity contribution is 0.122. The number of benzene rings is 2. The predicted molar refractivity (Wildman–Crippen MR) is 124 cm³/mol. The summed E-state index contributed by atoms with van der Waals surface area (Å²) in [5.74, 6) is 1.08. The number of carbonyl (C=O) groups excluding carboxylic acids is 1. The van der Waals surface area contributed by atoms with Crippen LogP contribution in [0.25, 0.3) is 0 Å². The number of amides is 2. The first-order chi connectivity index (χ1) is 15.4. The number of nitrogens with zero attached hydrogens (tertiary/aromatic N) is 3. The van der Waals surface area contributed by atoms with Crippen molar-refractivity contribution in [2.45, 2.75) is 45.3 Å². The molecule has 0 N–H and O–H groups in total. The minimum Gasteiger partial charge on any atom is -0.493 e. The number of hydrogen-bond acceptors (Lipinski definition) is 3. The number of hydrogen-bond donors (Lipinski definition) is 0. The number of piperidine rings is 1. The van der Waals surface area contributed by atoms with E-state index in [1.807, 2.05) is 41.3 Å². The third kappa shape index (κ3) is 5.23. The lowest BCUT2D eigenvalue weighted by atomic mass is 9.99. The number of carbonyl (C=O) groups is 1. The third-order valence-electron chi connectivity index (χ3n) is 6.44. The summed E-state index contributed by atoms with van der Waals surface area (Å²) >= 11 is 0. The van der Waals surface area contributed by atoms with E-state index in [0.29, 0.717) is 25.6 Å². The summed E-state index contributed by atoms with van der Waals surface area (Å²) < 4.78 is 19.3. The van der Waals surface area contributed by atoms with E-state index in [0.717, 1.165) is 42.8 Å². The topological polar surface area (TPSA) is 36.0 Å². The Kier molecular flexibility index (Phi) is 6.99. The van der Waals surface area contributed by atoms with Gasteiger partial charge in [0, 0.05) is 19.1 Å². The van der Waals surface area contributed by atoms with Crippen LogP contribution in [0.3, 0.4) is 0 Å². The third-order valence-corrected chi connectivity index (χ3v) is 6.44. The Bertz CT molecular complexity index is 892. The summed E-state index contributed by atoms with van der Waals surface area (Å²) in [5.41, 5.74) is 2.08. The molecular formula is C26H34FN3O2. The van der Waals surface area contributed by atoms with Gasteiger partial charge in [-0.05, 0) is 74.3 Å². The van der Waals surface area contributed by atoms with E-state index in [1.165, 1.54) is 12.1 Å². The van der Waals surface area contributed by atoms with Crippen LogP contribution in [0.1, 0.15) is 43.9 Å². The van der Waals surface area contributed by atoms with Crippen molar-refractivity contribution in [3.05, 3.63) is 65.5 Å². The summed E-state index contributed by atoms with van der Waals surface area (Å²) in [6.45, 7) is 8.09. The average molecular weight is 440 g/mol. The van der Waals surface area contributed by atoms with E-state index in [1.54, 1.807) is 0 Å². The Hall–Kier alpha value is -2.60. The molecule has 2 aromatic rings. The molecule has 5 nitrogen and oxygen atoms in total. The maximum atomic E-state index is 13.5. The molecule has 2 amide bonds. The molecule has 6 heteroatoms. The van der Waals surface area contributed by atoms with Crippen LogP contribution >= 0.6 is 0 Å². The van der Waals surface area contributed by atoms with Gasteiger partial charge in [0.25, 0.3) is 0 Å². The van der Waals surface area contributed by atoms with Gasteiger partial charge in [0.2, 0.25) is 0 Å². The van der Waals surface area contributed by atoms with Gasteiger partial charge in [0.05, 0.1) is 12.6 Å².